The fourth-order valence-electron chi connectivity index (χ4n) is 2.53. The summed E-state index contributed by atoms with van der Waals surface area (Å²) in [5.41, 5.74) is 2.45. The lowest BCUT2D eigenvalue weighted by molar-refractivity contribution is 0.419. The molecule has 1 saturated carbocycles. The molecular formula is C15H19ClN2O. The van der Waals surface area contributed by atoms with Crippen LogP contribution in [-0.4, -0.2) is 16.7 Å². The third-order valence-corrected chi connectivity index (χ3v) is 4.19. The van der Waals surface area contributed by atoms with Crippen molar-refractivity contribution in [2.24, 2.45) is 5.41 Å². The molecule has 1 aromatic carbocycles. The van der Waals surface area contributed by atoms with Crippen LogP contribution in [-0.2, 0) is 6.54 Å². The van der Waals surface area contributed by atoms with E-state index in [9.17, 15) is 0 Å². The van der Waals surface area contributed by atoms with E-state index < -0.39 is 0 Å². The Morgan fingerprint density at radius 1 is 1.47 bits per heavy atom. The van der Waals surface area contributed by atoms with Gasteiger partial charge in [0.1, 0.15) is 17.1 Å². The van der Waals surface area contributed by atoms with Crippen molar-refractivity contribution < 1.29 is 4.74 Å². The summed E-state index contributed by atoms with van der Waals surface area (Å²) >= 11 is 6.30. The largest absolute Gasteiger partial charge is 0.494 e. The molecule has 3 nitrogen and oxygen atoms in total. The van der Waals surface area contributed by atoms with Crippen molar-refractivity contribution in [1.29, 1.82) is 0 Å². The zero-order chi connectivity index (χ0) is 13.6. The molecule has 0 saturated heterocycles. The first-order valence-electron chi connectivity index (χ1n) is 6.71. The molecule has 4 heteroatoms. The maximum Gasteiger partial charge on any atom is 0.146 e. The summed E-state index contributed by atoms with van der Waals surface area (Å²) in [7, 11) is 1.68. The van der Waals surface area contributed by atoms with Gasteiger partial charge in [-0.3, -0.25) is 0 Å². The molecular weight excluding hydrogens is 260 g/mol. The average Bonchev–Trinajstić information content (AvgIpc) is 2.99. The second-order valence-electron chi connectivity index (χ2n) is 5.81. The van der Waals surface area contributed by atoms with Gasteiger partial charge >= 0.3 is 0 Å². The Balaban J connectivity index is 2.18. The minimum absolute atomic E-state index is 0.0977. The molecule has 0 radical (unpaired) electrons. The average molecular weight is 279 g/mol. The minimum Gasteiger partial charge on any atom is -0.494 e. The summed E-state index contributed by atoms with van der Waals surface area (Å²) in [6.07, 6.45) is 2.57. The van der Waals surface area contributed by atoms with Crippen LogP contribution in [0.3, 0.4) is 0 Å². The van der Waals surface area contributed by atoms with Gasteiger partial charge in [-0.05, 0) is 37.3 Å². The number of rotatable bonds is 4. The van der Waals surface area contributed by atoms with Gasteiger partial charge in [-0.2, -0.15) is 0 Å². The van der Waals surface area contributed by atoms with E-state index in [0.29, 0.717) is 5.41 Å². The first-order valence-corrected chi connectivity index (χ1v) is 7.15. The number of benzene rings is 1. The lowest BCUT2D eigenvalue weighted by atomic mass is 10.1. The smallest absolute Gasteiger partial charge is 0.146 e. The number of nitrogens with zero attached hydrogens (tertiary/aromatic N) is 2. The second kappa shape index (κ2) is 4.41. The normalized spacial score (nSPS) is 18.5. The van der Waals surface area contributed by atoms with E-state index in [1.165, 1.54) is 12.8 Å². The molecule has 1 aromatic heterocycles. The minimum atomic E-state index is -0.0977. The van der Waals surface area contributed by atoms with E-state index >= 15 is 0 Å². The highest BCUT2D eigenvalue weighted by Crippen LogP contribution is 2.47. The molecule has 1 aliphatic rings. The van der Waals surface area contributed by atoms with Gasteiger partial charge in [0.15, 0.2) is 0 Å². The first kappa shape index (κ1) is 12.8. The fourth-order valence-corrected chi connectivity index (χ4v) is 2.69. The Morgan fingerprint density at radius 2 is 2.21 bits per heavy atom. The highest BCUT2D eigenvalue weighted by atomic mass is 35.5. The number of imidazole rings is 1. The SMILES string of the molecule is COc1cccc2c1nc(C(C)Cl)n2CC1(C)CC1. The molecule has 3 rings (SSSR count). The van der Waals surface area contributed by atoms with Crippen molar-refractivity contribution >= 4 is 22.6 Å². The highest BCUT2D eigenvalue weighted by Gasteiger charge is 2.38. The Morgan fingerprint density at radius 3 is 2.79 bits per heavy atom. The molecule has 0 amide bonds. The van der Waals surface area contributed by atoms with Crippen LogP contribution in [0.4, 0.5) is 0 Å². The molecule has 1 fully saturated rings. The van der Waals surface area contributed by atoms with Gasteiger partial charge in [-0.25, -0.2) is 4.98 Å². The summed E-state index contributed by atoms with van der Waals surface area (Å²) in [5, 5.41) is -0.0977. The molecule has 0 spiro atoms. The monoisotopic (exact) mass is 278 g/mol. The summed E-state index contributed by atoms with van der Waals surface area (Å²) < 4.78 is 7.67. The lowest BCUT2D eigenvalue weighted by Crippen LogP contribution is -2.11. The molecule has 19 heavy (non-hydrogen) atoms. The second-order valence-corrected chi connectivity index (χ2v) is 6.47. The topological polar surface area (TPSA) is 27.1 Å². The molecule has 1 heterocycles. The Labute approximate surface area is 118 Å². The zero-order valence-corrected chi connectivity index (χ0v) is 12.4. The van der Waals surface area contributed by atoms with Crippen LogP contribution < -0.4 is 4.74 Å². The number of hydrogen-bond donors (Lipinski definition) is 0. The van der Waals surface area contributed by atoms with Crippen molar-refractivity contribution in [3.8, 4) is 5.75 Å². The first-order chi connectivity index (χ1) is 9.04. The van der Waals surface area contributed by atoms with Gasteiger partial charge in [-0.15, -0.1) is 11.6 Å². The predicted molar refractivity (Wildman–Crippen MR) is 77.9 cm³/mol. The summed E-state index contributed by atoms with van der Waals surface area (Å²) in [6.45, 7) is 5.28. The molecule has 0 aliphatic heterocycles. The molecule has 102 valence electrons. The van der Waals surface area contributed by atoms with E-state index in [0.717, 1.165) is 29.2 Å². The molecule has 2 aromatic rings. The van der Waals surface area contributed by atoms with E-state index in [1.807, 2.05) is 19.1 Å². The van der Waals surface area contributed by atoms with Crippen molar-refractivity contribution in [1.82, 2.24) is 9.55 Å². The number of halogens is 1. The Bertz CT molecular complexity index is 614. The number of alkyl halides is 1. The highest BCUT2D eigenvalue weighted by molar-refractivity contribution is 6.20. The fraction of sp³-hybridized carbons (Fsp3) is 0.533. The standard InChI is InChI=1S/C15H19ClN2O/c1-10(16)14-17-13-11(5-4-6-12(13)19-3)18(14)9-15(2)7-8-15/h4-6,10H,7-9H2,1-3H3. The Kier molecular flexibility index (Phi) is 2.97. The van der Waals surface area contributed by atoms with Gasteiger partial charge in [0.05, 0.1) is 18.0 Å². The number of fused-ring (bicyclic) bond motifs is 1. The zero-order valence-electron chi connectivity index (χ0n) is 11.6. The molecule has 1 unspecified atom stereocenters. The maximum absolute atomic E-state index is 6.30. The van der Waals surface area contributed by atoms with Gasteiger partial charge in [-0.1, -0.05) is 13.0 Å². The van der Waals surface area contributed by atoms with Crippen molar-refractivity contribution in [2.45, 2.75) is 38.6 Å². The number of aromatic nitrogens is 2. The molecule has 0 bridgehead atoms. The third kappa shape index (κ3) is 2.20. The molecule has 1 aliphatic carbocycles. The summed E-state index contributed by atoms with van der Waals surface area (Å²) in [6, 6.07) is 6.05. The Hall–Kier alpha value is -1.22. The van der Waals surface area contributed by atoms with Gasteiger partial charge in [0.25, 0.3) is 0 Å². The number of para-hydroxylation sites is 1. The summed E-state index contributed by atoms with van der Waals surface area (Å²) in [4.78, 5) is 4.70. The van der Waals surface area contributed by atoms with E-state index in [4.69, 9.17) is 21.3 Å². The molecule has 1 atom stereocenters. The number of hydrogen-bond acceptors (Lipinski definition) is 2. The van der Waals surface area contributed by atoms with Crippen LogP contribution in [0.2, 0.25) is 0 Å². The van der Waals surface area contributed by atoms with Crippen LogP contribution in [0.25, 0.3) is 11.0 Å². The maximum atomic E-state index is 6.30. The van der Waals surface area contributed by atoms with Gasteiger partial charge < -0.3 is 9.30 Å². The van der Waals surface area contributed by atoms with Crippen LogP contribution in [0.15, 0.2) is 18.2 Å². The van der Waals surface area contributed by atoms with Crippen molar-refractivity contribution in [2.75, 3.05) is 7.11 Å². The number of ether oxygens (including phenoxy) is 1. The van der Waals surface area contributed by atoms with Crippen LogP contribution >= 0.6 is 11.6 Å². The van der Waals surface area contributed by atoms with Crippen molar-refractivity contribution in [3.63, 3.8) is 0 Å². The van der Waals surface area contributed by atoms with E-state index in [1.54, 1.807) is 7.11 Å². The number of methoxy groups -OCH3 is 1. The van der Waals surface area contributed by atoms with Gasteiger partial charge in [0, 0.05) is 6.54 Å². The van der Waals surface area contributed by atoms with Gasteiger partial charge in [0.2, 0.25) is 0 Å². The molecule has 0 N–H and O–H groups in total. The van der Waals surface area contributed by atoms with E-state index in [2.05, 4.69) is 17.6 Å². The predicted octanol–water partition coefficient (Wildman–Crippen LogP) is 4.14. The van der Waals surface area contributed by atoms with Crippen LogP contribution in [0.1, 0.15) is 37.9 Å². The third-order valence-electron chi connectivity index (χ3n) is 3.99. The van der Waals surface area contributed by atoms with Crippen LogP contribution in [0, 0.1) is 5.41 Å². The quantitative estimate of drug-likeness (QED) is 0.786. The van der Waals surface area contributed by atoms with Crippen molar-refractivity contribution in [3.05, 3.63) is 24.0 Å². The van der Waals surface area contributed by atoms with Crippen LogP contribution in [0.5, 0.6) is 5.75 Å². The lowest BCUT2D eigenvalue weighted by Gasteiger charge is -2.14. The summed E-state index contributed by atoms with van der Waals surface area (Å²) in [5.74, 6) is 1.75. The van der Waals surface area contributed by atoms with E-state index in [-0.39, 0.29) is 5.38 Å².